The Balaban J connectivity index is 2.11. The van der Waals surface area contributed by atoms with Crippen LogP contribution in [0.4, 0.5) is 0 Å². The first-order chi connectivity index (χ1) is 10.8. The van der Waals surface area contributed by atoms with Crippen LogP contribution < -0.4 is 4.72 Å². The average molecular weight is 338 g/mol. The largest absolute Gasteiger partial charge is 0.336 e. The van der Waals surface area contributed by atoms with Crippen molar-refractivity contribution in [3.63, 3.8) is 0 Å². The third-order valence-electron chi connectivity index (χ3n) is 4.35. The van der Waals surface area contributed by atoms with Crippen LogP contribution in [-0.4, -0.2) is 44.6 Å². The number of rotatable bonds is 5. The lowest BCUT2D eigenvalue weighted by Gasteiger charge is -2.36. The molecule has 1 atom stereocenters. The predicted octanol–water partition coefficient (Wildman–Crippen LogP) is 2.24. The van der Waals surface area contributed by atoms with Gasteiger partial charge >= 0.3 is 0 Å². The number of aryl methyl sites for hydroxylation is 2. The van der Waals surface area contributed by atoms with Gasteiger partial charge in [0.1, 0.15) is 0 Å². The summed E-state index contributed by atoms with van der Waals surface area (Å²) in [6.07, 6.45) is 4.84. The van der Waals surface area contributed by atoms with Crippen LogP contribution in [0.2, 0.25) is 0 Å². The summed E-state index contributed by atoms with van der Waals surface area (Å²) in [7, 11) is -3.18. The van der Waals surface area contributed by atoms with E-state index in [1.165, 1.54) is 0 Å². The van der Waals surface area contributed by atoms with E-state index in [9.17, 15) is 13.2 Å². The van der Waals surface area contributed by atoms with E-state index in [1.807, 2.05) is 36.9 Å². The lowest BCUT2D eigenvalue weighted by molar-refractivity contribution is 0.0603. The van der Waals surface area contributed by atoms with E-state index in [4.69, 9.17) is 0 Å². The molecule has 0 radical (unpaired) electrons. The van der Waals surface area contributed by atoms with Gasteiger partial charge in [-0.25, -0.2) is 13.1 Å². The minimum atomic E-state index is -3.18. The summed E-state index contributed by atoms with van der Waals surface area (Å²) < 4.78 is 24.9. The molecular weight excluding hydrogens is 312 g/mol. The van der Waals surface area contributed by atoms with Crippen LogP contribution in [-0.2, 0) is 10.0 Å². The van der Waals surface area contributed by atoms with Gasteiger partial charge in [-0.3, -0.25) is 4.79 Å². The Morgan fingerprint density at radius 1 is 1.30 bits per heavy atom. The molecule has 1 N–H and O–H groups in total. The van der Waals surface area contributed by atoms with Crippen LogP contribution in [0.5, 0.6) is 0 Å². The number of benzene rings is 1. The predicted molar refractivity (Wildman–Crippen MR) is 92.1 cm³/mol. The maximum atomic E-state index is 12.9. The number of hydrogen-bond acceptors (Lipinski definition) is 3. The molecule has 0 aliphatic carbocycles. The van der Waals surface area contributed by atoms with Crippen molar-refractivity contribution in [2.45, 2.75) is 45.6 Å². The highest BCUT2D eigenvalue weighted by Crippen LogP contribution is 2.23. The van der Waals surface area contributed by atoms with Gasteiger partial charge in [0.25, 0.3) is 5.91 Å². The number of carbonyl (C=O) groups excluding carboxylic acids is 1. The highest BCUT2D eigenvalue weighted by Gasteiger charge is 2.28. The van der Waals surface area contributed by atoms with Crippen LogP contribution >= 0.6 is 0 Å². The van der Waals surface area contributed by atoms with Gasteiger partial charge in [0.05, 0.1) is 6.26 Å². The fourth-order valence-corrected chi connectivity index (χ4v) is 3.59. The van der Waals surface area contributed by atoms with Crippen molar-refractivity contribution in [3.8, 4) is 0 Å². The van der Waals surface area contributed by atoms with Crippen LogP contribution in [0.25, 0.3) is 0 Å². The Labute approximate surface area is 139 Å². The Morgan fingerprint density at radius 2 is 2.04 bits per heavy atom. The smallest absolute Gasteiger partial charge is 0.254 e. The van der Waals surface area contributed by atoms with Crippen LogP contribution in [0.1, 0.15) is 47.2 Å². The molecule has 1 aromatic rings. The second kappa shape index (κ2) is 7.45. The molecule has 0 bridgehead atoms. The SMILES string of the molecule is Cc1ccc(C)c(C(=O)N2CCCCC2CCNS(C)(=O)=O)c1. The first kappa shape index (κ1) is 17.9. The summed E-state index contributed by atoms with van der Waals surface area (Å²) in [6.45, 7) is 5.06. The van der Waals surface area contributed by atoms with Crippen molar-refractivity contribution >= 4 is 15.9 Å². The third kappa shape index (κ3) is 5.04. The Hall–Kier alpha value is -1.40. The van der Waals surface area contributed by atoms with Crippen molar-refractivity contribution in [2.24, 2.45) is 0 Å². The maximum Gasteiger partial charge on any atom is 0.254 e. The summed E-state index contributed by atoms with van der Waals surface area (Å²) in [6, 6.07) is 6.03. The third-order valence-corrected chi connectivity index (χ3v) is 5.08. The first-order valence-electron chi connectivity index (χ1n) is 8.11. The number of nitrogens with zero attached hydrogens (tertiary/aromatic N) is 1. The maximum absolute atomic E-state index is 12.9. The van der Waals surface area contributed by atoms with Gasteiger partial charge in [-0.1, -0.05) is 17.7 Å². The quantitative estimate of drug-likeness (QED) is 0.895. The van der Waals surface area contributed by atoms with Crippen molar-refractivity contribution in [1.29, 1.82) is 0 Å². The van der Waals surface area contributed by atoms with Crippen molar-refractivity contribution in [3.05, 3.63) is 34.9 Å². The summed E-state index contributed by atoms with van der Waals surface area (Å²) in [5, 5.41) is 0. The lowest BCUT2D eigenvalue weighted by Crippen LogP contribution is -2.45. The molecule has 5 nitrogen and oxygen atoms in total. The lowest BCUT2D eigenvalue weighted by atomic mass is 9.96. The molecular formula is C17H26N2O3S. The van der Waals surface area contributed by atoms with Crippen LogP contribution in [0, 0.1) is 13.8 Å². The fraction of sp³-hybridized carbons (Fsp3) is 0.588. The van der Waals surface area contributed by atoms with Crippen molar-refractivity contribution < 1.29 is 13.2 Å². The monoisotopic (exact) mass is 338 g/mol. The van der Waals surface area contributed by atoms with Gasteiger partial charge in [0.2, 0.25) is 10.0 Å². The van der Waals surface area contributed by atoms with Gasteiger partial charge in [-0.15, -0.1) is 0 Å². The zero-order valence-corrected chi connectivity index (χ0v) is 14.9. The fourth-order valence-electron chi connectivity index (χ4n) is 3.10. The molecule has 1 amide bonds. The summed E-state index contributed by atoms with van der Waals surface area (Å²) in [5.74, 6) is 0.0651. The van der Waals surface area contributed by atoms with Crippen LogP contribution in [0.3, 0.4) is 0 Å². The van der Waals surface area contributed by atoms with E-state index in [0.717, 1.165) is 48.8 Å². The molecule has 0 spiro atoms. The van der Waals surface area contributed by atoms with E-state index in [0.29, 0.717) is 13.0 Å². The molecule has 23 heavy (non-hydrogen) atoms. The number of sulfonamides is 1. The molecule has 6 heteroatoms. The van der Waals surface area contributed by atoms with E-state index in [1.54, 1.807) is 0 Å². The standard InChI is InChI=1S/C17H26N2O3S/c1-13-7-8-14(2)16(12-13)17(20)19-11-5-4-6-15(19)9-10-18-23(3,21)22/h7-8,12,15,18H,4-6,9-11H2,1-3H3. The van der Waals surface area contributed by atoms with Gasteiger partial charge in [0, 0.05) is 24.7 Å². The normalized spacial score (nSPS) is 18.9. The molecule has 1 fully saturated rings. The Morgan fingerprint density at radius 3 is 2.74 bits per heavy atom. The Kier molecular flexibility index (Phi) is 5.81. The highest BCUT2D eigenvalue weighted by molar-refractivity contribution is 7.88. The topological polar surface area (TPSA) is 66.5 Å². The second-order valence-corrected chi connectivity index (χ2v) is 8.25. The minimum Gasteiger partial charge on any atom is -0.336 e. The van der Waals surface area contributed by atoms with Gasteiger partial charge in [-0.2, -0.15) is 0 Å². The highest BCUT2D eigenvalue weighted by atomic mass is 32.2. The van der Waals surface area contributed by atoms with Crippen molar-refractivity contribution in [2.75, 3.05) is 19.3 Å². The van der Waals surface area contributed by atoms with Crippen molar-refractivity contribution in [1.82, 2.24) is 9.62 Å². The molecule has 128 valence electrons. The van der Waals surface area contributed by atoms with Crippen LogP contribution in [0.15, 0.2) is 18.2 Å². The zero-order valence-electron chi connectivity index (χ0n) is 14.1. The summed E-state index contributed by atoms with van der Waals surface area (Å²) in [4.78, 5) is 14.9. The molecule has 0 aromatic heterocycles. The Bertz CT molecular complexity index is 670. The molecule has 1 aliphatic rings. The second-order valence-electron chi connectivity index (χ2n) is 6.42. The van der Waals surface area contributed by atoms with E-state index < -0.39 is 10.0 Å². The number of hydrogen-bond donors (Lipinski definition) is 1. The zero-order chi connectivity index (χ0) is 17.0. The number of likely N-dealkylation sites (tertiary alicyclic amines) is 1. The number of piperidine rings is 1. The average Bonchev–Trinajstić information content (AvgIpc) is 2.48. The molecule has 2 rings (SSSR count). The molecule has 1 aromatic carbocycles. The summed E-state index contributed by atoms with van der Waals surface area (Å²) >= 11 is 0. The number of nitrogens with one attached hydrogen (secondary N) is 1. The number of carbonyl (C=O) groups is 1. The number of amides is 1. The minimum absolute atomic E-state index is 0.0651. The van der Waals surface area contributed by atoms with E-state index in [-0.39, 0.29) is 11.9 Å². The summed E-state index contributed by atoms with van der Waals surface area (Å²) in [5.41, 5.74) is 2.82. The van der Waals surface area contributed by atoms with Gasteiger partial charge < -0.3 is 4.90 Å². The molecule has 0 saturated carbocycles. The van der Waals surface area contributed by atoms with Gasteiger partial charge in [0.15, 0.2) is 0 Å². The molecule has 1 saturated heterocycles. The molecule has 1 unspecified atom stereocenters. The first-order valence-corrected chi connectivity index (χ1v) is 10.00. The van der Waals surface area contributed by atoms with Gasteiger partial charge in [-0.05, 0) is 51.2 Å². The van der Waals surface area contributed by atoms with E-state index in [2.05, 4.69) is 4.72 Å². The van der Waals surface area contributed by atoms with E-state index >= 15 is 0 Å². The molecule has 1 aliphatic heterocycles. The molecule has 1 heterocycles.